The van der Waals surface area contributed by atoms with Gasteiger partial charge in [0.1, 0.15) is 11.4 Å². The molecule has 0 aromatic heterocycles. The van der Waals surface area contributed by atoms with Crippen molar-refractivity contribution >= 4 is 70.5 Å². The van der Waals surface area contributed by atoms with Gasteiger partial charge in [-0.25, -0.2) is 0 Å². The molecule has 0 amide bonds. The number of rotatable bonds is 1. The fourth-order valence-electron chi connectivity index (χ4n) is 0.145. The van der Waals surface area contributed by atoms with Gasteiger partial charge in [0.15, 0.2) is 0 Å². The van der Waals surface area contributed by atoms with Crippen LogP contribution < -0.4 is 0 Å². The first kappa shape index (κ1) is 17.1. The molecule has 6 heteroatoms. The van der Waals surface area contributed by atoms with Crippen LogP contribution in [0.3, 0.4) is 0 Å². The predicted octanol–water partition coefficient (Wildman–Crippen LogP) is -0.610. The first-order valence-corrected chi connectivity index (χ1v) is 2.10. The van der Waals surface area contributed by atoms with Gasteiger partial charge in [0, 0.05) is 0 Å². The Bertz CT molecular complexity index is 119. The molecule has 2 N–H and O–H groups in total. The molecule has 0 rings (SSSR count). The van der Waals surface area contributed by atoms with Crippen LogP contribution in [-0.2, 0) is 0 Å². The summed E-state index contributed by atoms with van der Waals surface area (Å²) in [4.78, 5) is 0. The summed E-state index contributed by atoms with van der Waals surface area (Å²) in [6.45, 7) is 3.07. The maximum absolute atomic E-state index is 8.03. The molecule has 10 heavy (non-hydrogen) atoms. The van der Waals surface area contributed by atoms with Crippen molar-refractivity contribution in [1.29, 1.82) is 0 Å². The van der Waals surface area contributed by atoms with Crippen molar-refractivity contribution in [1.82, 2.24) is 0 Å². The third kappa shape index (κ3) is 7.05. The summed E-state index contributed by atoms with van der Waals surface area (Å²) in [7, 11) is 0. The van der Waals surface area contributed by atoms with E-state index >= 15 is 0 Å². The Morgan fingerprint density at radius 3 is 1.20 bits per heavy atom. The average Bonchev–Trinajstić information content (AvgIpc) is 1.84. The predicted molar refractivity (Wildman–Crippen MR) is 44.1 cm³/mol. The summed E-state index contributed by atoms with van der Waals surface area (Å²) < 4.78 is 0. The Hall–Kier alpha value is 0.940. The van der Waals surface area contributed by atoms with E-state index in [2.05, 4.69) is 10.3 Å². The second-order valence-electron chi connectivity index (χ2n) is 1.37. The monoisotopic (exact) mass is 164 g/mol. The fourth-order valence-corrected chi connectivity index (χ4v) is 0.145. The molecule has 0 spiro atoms. The molecule has 0 fully saturated rings. The number of oxime groups is 2. The summed E-state index contributed by atoms with van der Waals surface area (Å²) in [5.74, 6) is 0. The van der Waals surface area contributed by atoms with Crippen molar-refractivity contribution in [3.05, 3.63) is 0 Å². The second-order valence-corrected chi connectivity index (χ2v) is 1.37. The van der Waals surface area contributed by atoms with E-state index in [4.69, 9.17) is 10.4 Å². The normalized spacial score (nSPS) is 11.4. The van der Waals surface area contributed by atoms with Crippen LogP contribution in [0.25, 0.3) is 0 Å². The molecule has 0 radical (unpaired) electrons. The van der Waals surface area contributed by atoms with E-state index in [0.717, 1.165) is 0 Å². The van der Waals surface area contributed by atoms with Gasteiger partial charge in [0.2, 0.25) is 0 Å². The molecule has 0 bridgehead atoms. The quantitative estimate of drug-likeness (QED) is 0.235. The van der Waals surface area contributed by atoms with E-state index in [1.54, 1.807) is 0 Å². The van der Waals surface area contributed by atoms with Gasteiger partial charge in [-0.15, -0.1) is 0 Å². The van der Waals surface area contributed by atoms with Crippen LogP contribution in [0.5, 0.6) is 0 Å². The minimum atomic E-state index is 0. The van der Waals surface area contributed by atoms with Gasteiger partial charge < -0.3 is 10.4 Å². The van der Waals surface area contributed by atoms with Crippen LogP contribution in [0.2, 0.25) is 0 Å². The topological polar surface area (TPSA) is 65.2 Å². The van der Waals surface area contributed by atoms with Crippen LogP contribution in [0.15, 0.2) is 10.3 Å². The third-order valence-electron chi connectivity index (χ3n) is 0.824. The number of hydrogen-bond donors (Lipinski definition) is 2. The van der Waals surface area contributed by atoms with Gasteiger partial charge in [0.05, 0.1) is 0 Å². The standard InChI is InChI=1S/C4H8N2O2.2Na.2H/c1-3(5-7)4(2)6-8;;;;/h7-8H,1-2H3;;;;. The van der Waals surface area contributed by atoms with Crippen molar-refractivity contribution in [3.63, 3.8) is 0 Å². The maximum atomic E-state index is 8.03. The third-order valence-corrected chi connectivity index (χ3v) is 0.824. The Balaban J connectivity index is -0.000000245. The van der Waals surface area contributed by atoms with E-state index < -0.39 is 0 Å². The SMILES string of the molecule is CC(=NO)C(C)=NO.[NaH].[NaH]. The summed E-state index contributed by atoms with van der Waals surface area (Å²) in [6.07, 6.45) is 0. The van der Waals surface area contributed by atoms with Crippen molar-refractivity contribution in [3.8, 4) is 0 Å². The van der Waals surface area contributed by atoms with Crippen LogP contribution in [0.1, 0.15) is 13.8 Å². The summed E-state index contributed by atoms with van der Waals surface area (Å²) in [6, 6.07) is 0. The van der Waals surface area contributed by atoms with Gasteiger partial charge in [-0.1, -0.05) is 10.3 Å². The van der Waals surface area contributed by atoms with Gasteiger partial charge in [-0.2, -0.15) is 0 Å². The molecule has 50 valence electrons. The van der Waals surface area contributed by atoms with E-state index in [0.29, 0.717) is 11.4 Å². The van der Waals surface area contributed by atoms with E-state index in [-0.39, 0.29) is 59.1 Å². The van der Waals surface area contributed by atoms with Crippen molar-refractivity contribution in [2.24, 2.45) is 10.3 Å². The zero-order chi connectivity index (χ0) is 6.57. The summed E-state index contributed by atoms with van der Waals surface area (Å²) in [5, 5.41) is 21.6. The molecular weight excluding hydrogens is 154 g/mol. The molecule has 0 aromatic rings. The Morgan fingerprint density at radius 2 is 1.10 bits per heavy atom. The van der Waals surface area contributed by atoms with Crippen LogP contribution >= 0.6 is 0 Å². The van der Waals surface area contributed by atoms with E-state index in [1.807, 2.05) is 0 Å². The molecule has 0 aromatic carbocycles. The van der Waals surface area contributed by atoms with Gasteiger partial charge in [-0.05, 0) is 13.8 Å². The Labute approximate surface area is 104 Å². The Morgan fingerprint density at radius 1 is 0.900 bits per heavy atom. The van der Waals surface area contributed by atoms with Crippen LogP contribution in [-0.4, -0.2) is 81.0 Å². The fraction of sp³-hybridized carbons (Fsp3) is 0.500. The summed E-state index contributed by atoms with van der Waals surface area (Å²) >= 11 is 0. The van der Waals surface area contributed by atoms with Crippen molar-refractivity contribution < 1.29 is 10.4 Å². The summed E-state index contributed by atoms with van der Waals surface area (Å²) in [5.41, 5.74) is 0.625. The second kappa shape index (κ2) is 9.94. The number of nitrogens with zero attached hydrogens (tertiary/aromatic N) is 2. The molecule has 0 heterocycles. The molecule has 0 unspecified atom stereocenters. The molecule has 4 nitrogen and oxygen atoms in total. The molecule has 0 saturated carbocycles. The molecule has 0 aliphatic heterocycles. The molecular formula is C4H10N2Na2O2. The zero-order valence-corrected chi connectivity index (χ0v) is 4.79. The Kier molecular flexibility index (Phi) is 17.0. The van der Waals surface area contributed by atoms with Gasteiger partial charge in [0.25, 0.3) is 0 Å². The number of hydrogen-bond acceptors (Lipinski definition) is 4. The zero-order valence-electron chi connectivity index (χ0n) is 4.79. The van der Waals surface area contributed by atoms with E-state index in [9.17, 15) is 0 Å². The average molecular weight is 164 g/mol. The van der Waals surface area contributed by atoms with Gasteiger partial charge >= 0.3 is 59.1 Å². The molecule has 0 aliphatic rings. The van der Waals surface area contributed by atoms with Crippen LogP contribution in [0, 0.1) is 0 Å². The van der Waals surface area contributed by atoms with Crippen molar-refractivity contribution in [2.45, 2.75) is 13.8 Å². The minimum absolute atomic E-state index is 0. The van der Waals surface area contributed by atoms with Crippen molar-refractivity contribution in [2.75, 3.05) is 0 Å². The van der Waals surface area contributed by atoms with Crippen LogP contribution in [0.4, 0.5) is 0 Å². The molecule has 0 aliphatic carbocycles. The molecule has 0 atom stereocenters. The van der Waals surface area contributed by atoms with Gasteiger partial charge in [-0.3, -0.25) is 0 Å². The first-order chi connectivity index (χ1) is 3.72. The molecule has 0 saturated heterocycles. The van der Waals surface area contributed by atoms with E-state index in [1.165, 1.54) is 13.8 Å². The first-order valence-electron chi connectivity index (χ1n) is 2.10.